The largest absolute Gasteiger partial charge is 0.497 e. The summed E-state index contributed by atoms with van der Waals surface area (Å²) >= 11 is 0. The fraction of sp³-hybridized carbons (Fsp3) is 0.333. The van der Waals surface area contributed by atoms with E-state index in [4.69, 9.17) is 4.74 Å². The van der Waals surface area contributed by atoms with Crippen molar-refractivity contribution in [3.8, 4) is 28.0 Å². The molecule has 0 radical (unpaired) electrons. The molecule has 1 nitrogen and oxygen atoms in total. The van der Waals surface area contributed by atoms with Crippen LogP contribution in [0.25, 0.3) is 22.3 Å². The monoisotopic (exact) mass is 442 g/mol. The van der Waals surface area contributed by atoms with Crippen LogP contribution in [0.2, 0.25) is 0 Å². The van der Waals surface area contributed by atoms with Crippen molar-refractivity contribution in [1.29, 1.82) is 0 Å². The van der Waals surface area contributed by atoms with Gasteiger partial charge in [0.2, 0.25) is 0 Å². The molecule has 0 N–H and O–H groups in total. The Hall–Kier alpha value is -2.82. The number of halogens is 4. The molecule has 0 bridgehead atoms. The van der Waals surface area contributed by atoms with E-state index in [1.165, 1.54) is 49.8 Å². The Morgan fingerprint density at radius 3 is 2.03 bits per heavy atom. The molecule has 1 saturated carbocycles. The van der Waals surface area contributed by atoms with Crippen LogP contribution < -0.4 is 4.74 Å². The van der Waals surface area contributed by atoms with Gasteiger partial charge in [-0.15, -0.1) is 0 Å². The van der Waals surface area contributed by atoms with Crippen LogP contribution >= 0.6 is 0 Å². The van der Waals surface area contributed by atoms with Crippen molar-refractivity contribution in [2.45, 2.75) is 45.0 Å². The normalized spacial score (nSPS) is 18.7. The lowest BCUT2D eigenvalue weighted by Crippen LogP contribution is -2.10. The smallest absolute Gasteiger partial charge is 0.267 e. The topological polar surface area (TPSA) is 9.23 Å². The number of ether oxygens (including phenoxy) is 1. The Morgan fingerprint density at radius 1 is 0.812 bits per heavy atom. The van der Waals surface area contributed by atoms with Gasteiger partial charge in [0.15, 0.2) is 0 Å². The van der Waals surface area contributed by atoms with E-state index in [0.29, 0.717) is 11.5 Å². The zero-order valence-corrected chi connectivity index (χ0v) is 18.2. The molecule has 0 saturated heterocycles. The molecule has 1 fully saturated rings. The first-order chi connectivity index (χ1) is 15.4. The van der Waals surface area contributed by atoms with E-state index in [2.05, 4.69) is 6.92 Å². The summed E-state index contributed by atoms with van der Waals surface area (Å²) in [6, 6.07) is 14.2. The van der Waals surface area contributed by atoms with E-state index in [-0.39, 0.29) is 22.4 Å². The van der Waals surface area contributed by atoms with Crippen molar-refractivity contribution in [1.82, 2.24) is 0 Å². The van der Waals surface area contributed by atoms with Gasteiger partial charge in [-0.05, 0) is 53.5 Å². The number of methoxy groups -OCH3 is 1. The maximum absolute atomic E-state index is 15.2. The van der Waals surface area contributed by atoms with Gasteiger partial charge >= 0.3 is 0 Å². The molecule has 0 aliphatic heterocycles. The van der Waals surface area contributed by atoms with Gasteiger partial charge in [-0.25, -0.2) is 17.6 Å². The quantitative estimate of drug-likeness (QED) is 0.360. The highest BCUT2D eigenvalue weighted by Gasteiger charge is 2.25. The van der Waals surface area contributed by atoms with Gasteiger partial charge in [-0.2, -0.15) is 0 Å². The second-order valence-electron chi connectivity index (χ2n) is 8.61. The molecule has 0 unspecified atom stereocenters. The summed E-state index contributed by atoms with van der Waals surface area (Å²) in [4.78, 5) is 0. The first-order valence-corrected chi connectivity index (χ1v) is 10.9. The van der Waals surface area contributed by atoms with Crippen molar-refractivity contribution in [3.05, 3.63) is 77.4 Å². The predicted molar refractivity (Wildman–Crippen MR) is 119 cm³/mol. The molecule has 0 spiro atoms. The van der Waals surface area contributed by atoms with E-state index >= 15 is 4.39 Å². The van der Waals surface area contributed by atoms with Gasteiger partial charge in [0.25, 0.3) is 6.43 Å². The van der Waals surface area contributed by atoms with Gasteiger partial charge in [0.05, 0.1) is 12.7 Å². The number of benzene rings is 3. The fourth-order valence-corrected chi connectivity index (χ4v) is 4.64. The van der Waals surface area contributed by atoms with Crippen LogP contribution in [0.1, 0.15) is 56.1 Å². The molecule has 5 heteroatoms. The maximum atomic E-state index is 15.2. The number of rotatable bonds is 5. The summed E-state index contributed by atoms with van der Waals surface area (Å²) < 4.78 is 62.6. The summed E-state index contributed by atoms with van der Waals surface area (Å²) in [6.45, 7) is 2.27. The number of alkyl halides is 2. The van der Waals surface area contributed by atoms with E-state index in [9.17, 15) is 13.2 Å². The Kier molecular flexibility index (Phi) is 6.54. The number of hydrogen-bond acceptors (Lipinski definition) is 1. The lowest BCUT2D eigenvalue weighted by atomic mass is 9.79. The van der Waals surface area contributed by atoms with Crippen LogP contribution in [-0.4, -0.2) is 7.11 Å². The molecule has 0 amide bonds. The van der Waals surface area contributed by atoms with Crippen molar-refractivity contribution < 1.29 is 22.3 Å². The number of hydrogen-bond donors (Lipinski definition) is 0. The molecule has 1 aliphatic rings. The van der Waals surface area contributed by atoms with Crippen LogP contribution in [0.5, 0.6) is 5.75 Å². The second-order valence-corrected chi connectivity index (χ2v) is 8.61. The summed E-state index contributed by atoms with van der Waals surface area (Å²) in [5.41, 5.74) is 0.845. The molecule has 0 atom stereocenters. The molecule has 1 aliphatic carbocycles. The van der Waals surface area contributed by atoms with E-state index in [1.807, 2.05) is 12.1 Å². The average molecular weight is 442 g/mol. The molecular weight excluding hydrogens is 416 g/mol. The first kappa shape index (κ1) is 22.4. The van der Waals surface area contributed by atoms with Crippen LogP contribution in [0.15, 0.2) is 54.6 Å². The summed E-state index contributed by atoms with van der Waals surface area (Å²) in [5.74, 6) is -0.345. The van der Waals surface area contributed by atoms with Crippen LogP contribution in [0.4, 0.5) is 17.6 Å². The summed E-state index contributed by atoms with van der Waals surface area (Å²) in [5, 5.41) is 0. The Morgan fingerprint density at radius 2 is 1.44 bits per heavy atom. The van der Waals surface area contributed by atoms with Gasteiger partial charge in [-0.3, -0.25) is 0 Å². The van der Waals surface area contributed by atoms with Crippen LogP contribution in [-0.2, 0) is 0 Å². The highest BCUT2D eigenvalue weighted by atomic mass is 19.3. The van der Waals surface area contributed by atoms with Crippen LogP contribution in [0.3, 0.4) is 0 Å². The summed E-state index contributed by atoms with van der Waals surface area (Å²) in [7, 11) is 1.39. The molecule has 0 heterocycles. The summed E-state index contributed by atoms with van der Waals surface area (Å²) in [6.07, 6.45) is 1.59. The Labute approximate surface area is 186 Å². The minimum atomic E-state index is -3.04. The van der Waals surface area contributed by atoms with Gasteiger partial charge in [-0.1, -0.05) is 56.2 Å². The first-order valence-electron chi connectivity index (χ1n) is 10.9. The highest BCUT2D eigenvalue weighted by molar-refractivity contribution is 5.75. The van der Waals surface area contributed by atoms with Crippen molar-refractivity contribution in [2.75, 3.05) is 7.11 Å². The van der Waals surface area contributed by atoms with E-state index in [1.54, 1.807) is 12.1 Å². The highest BCUT2D eigenvalue weighted by Crippen LogP contribution is 2.40. The zero-order chi connectivity index (χ0) is 22.8. The van der Waals surface area contributed by atoms with Crippen LogP contribution in [0, 0.1) is 17.6 Å². The minimum Gasteiger partial charge on any atom is -0.497 e. The van der Waals surface area contributed by atoms with Crippen molar-refractivity contribution in [3.63, 3.8) is 0 Å². The molecule has 0 aromatic heterocycles. The zero-order valence-electron chi connectivity index (χ0n) is 18.2. The van der Waals surface area contributed by atoms with Gasteiger partial charge in [0.1, 0.15) is 17.4 Å². The molecule has 168 valence electrons. The Bertz CT molecular complexity index is 1080. The van der Waals surface area contributed by atoms with E-state index in [0.717, 1.165) is 24.8 Å². The van der Waals surface area contributed by atoms with Crippen molar-refractivity contribution >= 4 is 0 Å². The maximum Gasteiger partial charge on any atom is 0.267 e. The van der Waals surface area contributed by atoms with Crippen molar-refractivity contribution in [2.24, 2.45) is 5.92 Å². The standard InChI is InChI=1S/C27H26F4O/c1-16-3-5-17(6-4-16)18-7-9-19(10-8-18)21-13-14-23(26(29)25(21)27(30)31)22-12-11-20(32-2)15-24(22)28/h7-17,27H,3-6H2,1-2H3. The fourth-order valence-electron chi connectivity index (χ4n) is 4.64. The second kappa shape index (κ2) is 9.35. The predicted octanol–water partition coefficient (Wildman–Crippen LogP) is 8.54. The van der Waals surface area contributed by atoms with Gasteiger partial charge < -0.3 is 4.74 Å². The SMILES string of the molecule is COc1ccc(-c2ccc(-c3ccc(C4CCC(C)CC4)cc3)c(C(F)F)c2F)c(F)c1. The third-order valence-electron chi connectivity index (χ3n) is 6.57. The Balaban J connectivity index is 1.70. The molecule has 32 heavy (non-hydrogen) atoms. The molecule has 4 rings (SSSR count). The third kappa shape index (κ3) is 4.38. The minimum absolute atomic E-state index is 0.0846. The van der Waals surface area contributed by atoms with E-state index < -0.39 is 23.6 Å². The van der Waals surface area contributed by atoms with Gasteiger partial charge in [0, 0.05) is 17.2 Å². The molecule has 3 aromatic carbocycles. The third-order valence-corrected chi connectivity index (χ3v) is 6.57. The lowest BCUT2D eigenvalue weighted by Gasteiger charge is -2.26. The average Bonchev–Trinajstić information content (AvgIpc) is 2.79. The molecule has 3 aromatic rings. The lowest BCUT2D eigenvalue weighted by molar-refractivity contribution is 0.147. The molecular formula is C27H26F4O.